The van der Waals surface area contributed by atoms with Gasteiger partial charge in [0.2, 0.25) is 0 Å². The molecule has 1 aromatic carbocycles. The van der Waals surface area contributed by atoms with Crippen molar-refractivity contribution in [2.45, 2.75) is 13.5 Å². The fourth-order valence-electron chi connectivity index (χ4n) is 1.55. The van der Waals surface area contributed by atoms with Crippen LogP contribution in [0.5, 0.6) is 0 Å². The Morgan fingerprint density at radius 1 is 1.64 bits per heavy atom. The lowest BCUT2D eigenvalue weighted by Crippen LogP contribution is -2.30. The zero-order valence-corrected chi connectivity index (χ0v) is 9.15. The number of hydrogen-bond donors (Lipinski definition) is 1. The van der Waals surface area contributed by atoms with Crippen LogP contribution >= 0.6 is 23.8 Å². The highest BCUT2D eigenvalue weighted by Crippen LogP contribution is 2.21. The quantitative estimate of drug-likeness (QED) is 0.445. The summed E-state index contributed by atoms with van der Waals surface area (Å²) in [6.45, 7) is 2.22. The minimum atomic E-state index is -0.910. The second kappa shape index (κ2) is 3.63. The zero-order chi connectivity index (χ0) is 10.3. The molecule has 0 saturated heterocycles. The van der Waals surface area contributed by atoms with E-state index in [1.807, 2.05) is 19.1 Å². The topological polar surface area (TPSA) is 29.5 Å². The molecule has 1 heterocycles. The van der Waals surface area contributed by atoms with Crippen LogP contribution in [0.2, 0.25) is 5.02 Å². The van der Waals surface area contributed by atoms with Gasteiger partial charge in [-0.1, -0.05) is 36.0 Å². The van der Waals surface area contributed by atoms with Crippen molar-refractivity contribution in [2.75, 3.05) is 0 Å². The maximum absolute atomic E-state index is 9.52. The molecule has 0 atom stereocenters. The first-order valence-electron chi connectivity index (χ1n) is 4.23. The molecule has 1 aliphatic rings. The van der Waals surface area contributed by atoms with Gasteiger partial charge in [-0.25, -0.2) is 0 Å². The lowest BCUT2D eigenvalue weighted by atomic mass is 9.78. The fourth-order valence-corrected chi connectivity index (χ4v) is 2.20. The van der Waals surface area contributed by atoms with E-state index in [9.17, 15) is 5.02 Å². The highest BCUT2D eigenvalue weighted by molar-refractivity contribution is 7.80. The summed E-state index contributed by atoms with van der Waals surface area (Å²) in [5.74, 6) is 0. The third-order valence-corrected chi connectivity index (χ3v) is 2.92. The van der Waals surface area contributed by atoms with Gasteiger partial charge < -0.3 is 9.68 Å². The summed E-state index contributed by atoms with van der Waals surface area (Å²) in [5, 5.41) is 10.0. The van der Waals surface area contributed by atoms with Gasteiger partial charge in [0.05, 0.1) is 6.61 Å². The van der Waals surface area contributed by atoms with Crippen LogP contribution < -0.4 is 5.46 Å². The second-order valence-corrected chi connectivity index (χ2v) is 4.21. The molecule has 0 fully saturated rings. The molecule has 2 rings (SSSR count). The first kappa shape index (κ1) is 10.1. The Hall–Kier alpha value is -0.415. The smallest absolute Gasteiger partial charge is 0.423 e. The van der Waals surface area contributed by atoms with Gasteiger partial charge in [0.25, 0.3) is 0 Å². The number of rotatable bonds is 1. The Bertz CT molecular complexity index is 408. The van der Waals surface area contributed by atoms with E-state index in [-0.39, 0.29) is 0 Å². The van der Waals surface area contributed by atoms with Gasteiger partial charge in [-0.2, -0.15) is 0 Å². The molecule has 1 aromatic rings. The number of halogens is 1. The van der Waals surface area contributed by atoms with E-state index in [0.29, 0.717) is 17.1 Å². The van der Waals surface area contributed by atoms with Crippen LogP contribution in [0.15, 0.2) is 12.1 Å². The average Bonchev–Trinajstić information content (AvgIpc) is 2.48. The van der Waals surface area contributed by atoms with E-state index >= 15 is 0 Å². The monoisotopic (exact) mass is 226 g/mol. The first-order valence-corrected chi connectivity index (χ1v) is 5.01. The van der Waals surface area contributed by atoms with Gasteiger partial charge in [0.15, 0.2) is 0 Å². The van der Waals surface area contributed by atoms with Gasteiger partial charge in [0, 0.05) is 20.9 Å². The third-order valence-electron chi connectivity index (χ3n) is 2.29. The molecule has 2 nitrogen and oxygen atoms in total. The van der Waals surface area contributed by atoms with Crippen molar-refractivity contribution >= 4 is 41.3 Å². The van der Waals surface area contributed by atoms with Crippen LogP contribution in [-0.2, 0) is 11.3 Å². The van der Waals surface area contributed by atoms with Gasteiger partial charge in [-0.3, -0.25) is 0 Å². The summed E-state index contributed by atoms with van der Waals surface area (Å²) < 4.78 is 5.07. The normalized spacial score (nSPS) is 14.4. The Labute approximate surface area is 93.0 Å². The standard InChI is InChI=1S/C9H8BClO2S/c1-5(14)7-3-2-6-4-13-10(12)8(6)9(7)11/h2-3,12H,4H2,1H3. The van der Waals surface area contributed by atoms with Crippen molar-refractivity contribution in [1.29, 1.82) is 0 Å². The van der Waals surface area contributed by atoms with Crippen molar-refractivity contribution in [3.63, 3.8) is 0 Å². The Kier molecular flexibility index (Phi) is 2.62. The summed E-state index contributed by atoms with van der Waals surface area (Å²) in [7, 11) is -0.910. The van der Waals surface area contributed by atoms with E-state index in [1.165, 1.54) is 0 Å². The number of benzene rings is 1. The summed E-state index contributed by atoms with van der Waals surface area (Å²) in [6, 6.07) is 3.76. The second-order valence-electron chi connectivity index (χ2n) is 3.22. The molecular formula is C9H8BClO2S. The maximum Gasteiger partial charge on any atom is 0.493 e. The minimum Gasteiger partial charge on any atom is -0.423 e. The van der Waals surface area contributed by atoms with Crippen molar-refractivity contribution in [1.82, 2.24) is 0 Å². The molecule has 0 aliphatic carbocycles. The molecule has 0 unspecified atom stereocenters. The van der Waals surface area contributed by atoms with Crippen LogP contribution in [0.25, 0.3) is 0 Å². The summed E-state index contributed by atoms with van der Waals surface area (Å²) in [4.78, 5) is 0.719. The molecule has 5 heteroatoms. The number of hydrogen-bond acceptors (Lipinski definition) is 3. The number of fused-ring (bicyclic) bond motifs is 1. The largest absolute Gasteiger partial charge is 0.493 e. The van der Waals surface area contributed by atoms with E-state index < -0.39 is 7.12 Å². The van der Waals surface area contributed by atoms with Gasteiger partial charge >= 0.3 is 7.12 Å². The lowest BCUT2D eigenvalue weighted by Gasteiger charge is -2.07. The minimum absolute atomic E-state index is 0.410. The molecule has 72 valence electrons. The SMILES string of the molecule is CC(=S)c1ccc2c(c1Cl)B(O)OC2. The Morgan fingerprint density at radius 3 is 3.00 bits per heavy atom. The molecule has 1 N–H and O–H groups in total. The molecule has 0 aromatic heterocycles. The van der Waals surface area contributed by atoms with Crippen LogP contribution in [0, 0.1) is 0 Å². The first-order chi connectivity index (χ1) is 6.61. The maximum atomic E-state index is 9.52. The van der Waals surface area contributed by atoms with Crippen LogP contribution in [0.1, 0.15) is 18.1 Å². The summed E-state index contributed by atoms with van der Waals surface area (Å²) >= 11 is 11.2. The highest BCUT2D eigenvalue weighted by Gasteiger charge is 2.31. The summed E-state index contributed by atoms with van der Waals surface area (Å²) in [6.07, 6.45) is 0. The molecule has 0 spiro atoms. The zero-order valence-electron chi connectivity index (χ0n) is 7.58. The lowest BCUT2D eigenvalue weighted by molar-refractivity contribution is 0.275. The third kappa shape index (κ3) is 1.48. The van der Waals surface area contributed by atoms with E-state index in [2.05, 4.69) is 0 Å². The number of thiocarbonyl (C=S) groups is 1. The van der Waals surface area contributed by atoms with Crippen molar-refractivity contribution in [3.05, 3.63) is 28.3 Å². The van der Waals surface area contributed by atoms with E-state index in [1.54, 1.807) is 0 Å². The molecular weight excluding hydrogens is 218 g/mol. The Balaban J connectivity index is 2.61. The van der Waals surface area contributed by atoms with Crippen molar-refractivity contribution in [3.8, 4) is 0 Å². The fraction of sp³-hybridized carbons (Fsp3) is 0.222. The van der Waals surface area contributed by atoms with Gasteiger partial charge in [0.1, 0.15) is 0 Å². The van der Waals surface area contributed by atoms with Crippen molar-refractivity contribution in [2.24, 2.45) is 0 Å². The molecule has 0 bridgehead atoms. The molecule has 0 amide bonds. The van der Waals surface area contributed by atoms with E-state index in [0.717, 1.165) is 16.0 Å². The summed E-state index contributed by atoms with van der Waals surface area (Å²) in [5.41, 5.74) is 2.39. The predicted octanol–water partition coefficient (Wildman–Crippen LogP) is 1.30. The molecule has 0 saturated carbocycles. The molecule has 1 aliphatic heterocycles. The van der Waals surface area contributed by atoms with Gasteiger partial charge in [-0.05, 0) is 12.5 Å². The molecule has 0 radical (unpaired) electrons. The Morgan fingerprint density at radius 2 is 2.36 bits per heavy atom. The van der Waals surface area contributed by atoms with Crippen LogP contribution in [0.3, 0.4) is 0 Å². The van der Waals surface area contributed by atoms with Crippen LogP contribution in [0.4, 0.5) is 0 Å². The van der Waals surface area contributed by atoms with Gasteiger partial charge in [-0.15, -0.1) is 0 Å². The predicted molar refractivity (Wildman–Crippen MR) is 61.2 cm³/mol. The highest BCUT2D eigenvalue weighted by atomic mass is 35.5. The molecule has 14 heavy (non-hydrogen) atoms. The van der Waals surface area contributed by atoms with E-state index in [4.69, 9.17) is 28.5 Å². The van der Waals surface area contributed by atoms with Crippen LogP contribution in [-0.4, -0.2) is 17.0 Å². The van der Waals surface area contributed by atoms with Crippen molar-refractivity contribution < 1.29 is 9.68 Å². The average molecular weight is 226 g/mol.